The predicted molar refractivity (Wildman–Crippen MR) is 78.2 cm³/mol. The molecule has 0 heterocycles. The van der Waals surface area contributed by atoms with Crippen LogP contribution in [-0.4, -0.2) is 32.4 Å². The van der Waals surface area contributed by atoms with E-state index in [1.807, 2.05) is 19.1 Å². The van der Waals surface area contributed by atoms with Crippen molar-refractivity contribution in [3.63, 3.8) is 0 Å². The summed E-state index contributed by atoms with van der Waals surface area (Å²) in [6, 6.07) is 7.02. The van der Waals surface area contributed by atoms with Crippen LogP contribution in [0.3, 0.4) is 0 Å². The molecule has 0 saturated heterocycles. The normalized spacial score (nSPS) is 12.8. The fraction of sp³-hybridized carbons (Fsp3) is 0.462. The van der Waals surface area contributed by atoms with Gasteiger partial charge in [-0.15, -0.1) is 0 Å². The van der Waals surface area contributed by atoms with E-state index >= 15 is 0 Å². The summed E-state index contributed by atoms with van der Waals surface area (Å²) in [5.41, 5.74) is 1.55. The maximum atomic E-state index is 11.2. The second kappa shape index (κ2) is 6.56. The first kappa shape index (κ1) is 15.5. The van der Waals surface area contributed by atoms with Crippen molar-refractivity contribution in [2.75, 3.05) is 22.6 Å². The Morgan fingerprint density at radius 1 is 1.21 bits per heavy atom. The van der Waals surface area contributed by atoms with E-state index in [9.17, 15) is 13.2 Å². The number of sulfone groups is 1. The minimum atomic E-state index is -2.99. The average Bonchev–Trinajstić information content (AvgIpc) is 2.29. The minimum Gasteiger partial charge on any atom is -0.382 e. The van der Waals surface area contributed by atoms with Crippen LogP contribution in [-0.2, 0) is 14.6 Å². The summed E-state index contributed by atoms with van der Waals surface area (Å²) in [4.78, 5) is 11.2. The molecule has 5 nitrogen and oxygen atoms in total. The second-order valence-electron chi connectivity index (χ2n) is 4.62. The van der Waals surface area contributed by atoms with Crippen LogP contribution in [0.15, 0.2) is 24.3 Å². The molecular weight excluding hydrogens is 264 g/mol. The van der Waals surface area contributed by atoms with Gasteiger partial charge in [-0.2, -0.15) is 0 Å². The lowest BCUT2D eigenvalue weighted by atomic mass is 10.2. The standard InChI is InChI=1S/C13H20N2O3S/c1-4-13(16)15-12-7-5-11(6-8-12)14-10(2)9-19(3,17)18/h5-8,10,14H,4,9H2,1-3H3,(H,15,16). The van der Waals surface area contributed by atoms with Crippen LogP contribution in [0.2, 0.25) is 0 Å². The highest BCUT2D eigenvalue weighted by Gasteiger charge is 2.10. The van der Waals surface area contributed by atoms with Crippen molar-refractivity contribution in [1.82, 2.24) is 0 Å². The molecule has 1 aromatic carbocycles. The van der Waals surface area contributed by atoms with Crippen LogP contribution >= 0.6 is 0 Å². The smallest absolute Gasteiger partial charge is 0.224 e. The number of hydrogen-bond acceptors (Lipinski definition) is 4. The molecule has 1 aromatic rings. The molecule has 1 rings (SSSR count). The molecule has 0 fully saturated rings. The zero-order valence-corrected chi connectivity index (χ0v) is 12.3. The zero-order valence-electron chi connectivity index (χ0n) is 11.4. The van der Waals surface area contributed by atoms with Gasteiger partial charge in [0.2, 0.25) is 5.91 Å². The SMILES string of the molecule is CCC(=O)Nc1ccc(NC(C)CS(C)(=O)=O)cc1. The van der Waals surface area contributed by atoms with Gasteiger partial charge < -0.3 is 10.6 Å². The Labute approximate surface area is 114 Å². The van der Waals surface area contributed by atoms with Crippen molar-refractivity contribution in [2.24, 2.45) is 0 Å². The van der Waals surface area contributed by atoms with Gasteiger partial charge in [-0.3, -0.25) is 4.79 Å². The number of amides is 1. The Balaban J connectivity index is 2.59. The Bertz CT molecular complexity index is 523. The largest absolute Gasteiger partial charge is 0.382 e. The van der Waals surface area contributed by atoms with E-state index in [1.54, 1.807) is 19.1 Å². The minimum absolute atomic E-state index is 0.0360. The molecule has 0 aliphatic carbocycles. The molecule has 0 saturated carbocycles. The molecule has 1 unspecified atom stereocenters. The summed E-state index contributed by atoms with van der Waals surface area (Å²) in [7, 11) is -2.99. The van der Waals surface area contributed by atoms with Gasteiger partial charge in [-0.1, -0.05) is 6.92 Å². The van der Waals surface area contributed by atoms with Gasteiger partial charge in [0.05, 0.1) is 5.75 Å². The number of carbonyl (C=O) groups is 1. The molecule has 19 heavy (non-hydrogen) atoms. The van der Waals surface area contributed by atoms with E-state index in [0.717, 1.165) is 11.4 Å². The number of benzene rings is 1. The van der Waals surface area contributed by atoms with E-state index in [-0.39, 0.29) is 17.7 Å². The third-order valence-electron chi connectivity index (χ3n) is 2.46. The Hall–Kier alpha value is -1.56. The molecule has 106 valence electrons. The zero-order chi connectivity index (χ0) is 14.5. The summed E-state index contributed by atoms with van der Waals surface area (Å²) in [5.74, 6) is 0.0487. The fourth-order valence-electron chi connectivity index (χ4n) is 1.68. The van der Waals surface area contributed by atoms with Gasteiger partial charge in [0.15, 0.2) is 0 Å². The van der Waals surface area contributed by atoms with Crippen molar-refractivity contribution in [3.8, 4) is 0 Å². The van der Waals surface area contributed by atoms with Crippen LogP contribution in [0, 0.1) is 0 Å². The van der Waals surface area contributed by atoms with Crippen LogP contribution in [0.1, 0.15) is 20.3 Å². The number of anilines is 2. The Morgan fingerprint density at radius 3 is 2.21 bits per heavy atom. The van der Waals surface area contributed by atoms with Gasteiger partial charge in [0, 0.05) is 30.1 Å². The molecule has 0 spiro atoms. The van der Waals surface area contributed by atoms with Crippen molar-refractivity contribution < 1.29 is 13.2 Å². The predicted octanol–water partition coefficient (Wildman–Crippen LogP) is 1.88. The fourth-order valence-corrected chi connectivity index (χ4v) is 2.67. The lowest BCUT2D eigenvalue weighted by Crippen LogP contribution is -2.24. The number of rotatable bonds is 6. The first-order chi connectivity index (χ1) is 8.80. The summed E-state index contributed by atoms with van der Waals surface area (Å²) >= 11 is 0. The van der Waals surface area contributed by atoms with Gasteiger partial charge in [-0.25, -0.2) is 8.42 Å². The monoisotopic (exact) mass is 284 g/mol. The van der Waals surface area contributed by atoms with E-state index in [1.165, 1.54) is 6.26 Å². The summed E-state index contributed by atoms with van der Waals surface area (Å²) in [5, 5.41) is 5.85. The van der Waals surface area contributed by atoms with Gasteiger partial charge >= 0.3 is 0 Å². The topological polar surface area (TPSA) is 75.3 Å². The maximum Gasteiger partial charge on any atom is 0.224 e. The molecule has 1 atom stereocenters. The van der Waals surface area contributed by atoms with E-state index in [4.69, 9.17) is 0 Å². The van der Waals surface area contributed by atoms with Gasteiger partial charge in [0.1, 0.15) is 9.84 Å². The molecule has 6 heteroatoms. The van der Waals surface area contributed by atoms with Crippen molar-refractivity contribution in [3.05, 3.63) is 24.3 Å². The van der Waals surface area contributed by atoms with Crippen molar-refractivity contribution in [2.45, 2.75) is 26.3 Å². The highest BCUT2D eigenvalue weighted by molar-refractivity contribution is 7.90. The number of hydrogen-bond donors (Lipinski definition) is 2. The van der Waals surface area contributed by atoms with Crippen molar-refractivity contribution in [1.29, 1.82) is 0 Å². The average molecular weight is 284 g/mol. The first-order valence-electron chi connectivity index (χ1n) is 6.14. The van der Waals surface area contributed by atoms with Gasteiger partial charge in [-0.05, 0) is 31.2 Å². The number of carbonyl (C=O) groups excluding carboxylic acids is 1. The Kier molecular flexibility index (Phi) is 5.35. The van der Waals surface area contributed by atoms with E-state index in [0.29, 0.717) is 6.42 Å². The second-order valence-corrected chi connectivity index (χ2v) is 6.80. The van der Waals surface area contributed by atoms with Crippen LogP contribution < -0.4 is 10.6 Å². The third-order valence-corrected chi connectivity index (χ3v) is 3.56. The molecule has 0 aliphatic rings. The van der Waals surface area contributed by atoms with Gasteiger partial charge in [0.25, 0.3) is 0 Å². The highest BCUT2D eigenvalue weighted by Crippen LogP contribution is 2.15. The molecule has 0 aliphatic heterocycles. The third kappa shape index (κ3) is 6.24. The molecule has 0 bridgehead atoms. The van der Waals surface area contributed by atoms with Crippen LogP contribution in [0.4, 0.5) is 11.4 Å². The molecule has 0 radical (unpaired) electrons. The molecule has 2 N–H and O–H groups in total. The summed E-state index contributed by atoms with van der Waals surface area (Å²) < 4.78 is 22.3. The van der Waals surface area contributed by atoms with E-state index < -0.39 is 9.84 Å². The molecule has 0 aromatic heterocycles. The highest BCUT2D eigenvalue weighted by atomic mass is 32.2. The quantitative estimate of drug-likeness (QED) is 0.836. The lowest BCUT2D eigenvalue weighted by Gasteiger charge is -2.14. The summed E-state index contributed by atoms with van der Waals surface area (Å²) in [6.45, 7) is 3.60. The lowest BCUT2D eigenvalue weighted by molar-refractivity contribution is -0.115. The van der Waals surface area contributed by atoms with Crippen LogP contribution in [0.25, 0.3) is 0 Å². The Morgan fingerprint density at radius 2 is 1.74 bits per heavy atom. The van der Waals surface area contributed by atoms with Crippen LogP contribution in [0.5, 0.6) is 0 Å². The number of nitrogens with one attached hydrogen (secondary N) is 2. The maximum absolute atomic E-state index is 11.2. The summed E-state index contributed by atoms with van der Waals surface area (Å²) in [6.07, 6.45) is 1.65. The molecule has 1 amide bonds. The first-order valence-corrected chi connectivity index (χ1v) is 8.20. The van der Waals surface area contributed by atoms with E-state index in [2.05, 4.69) is 10.6 Å². The molecular formula is C13H20N2O3S. The van der Waals surface area contributed by atoms with Crippen molar-refractivity contribution >= 4 is 27.1 Å².